The Balaban J connectivity index is 1.25. The summed E-state index contributed by atoms with van der Waals surface area (Å²) in [6.07, 6.45) is 0. The van der Waals surface area contributed by atoms with E-state index in [2.05, 4.69) is 72.8 Å². The van der Waals surface area contributed by atoms with Gasteiger partial charge in [-0.1, -0.05) is 121 Å². The van der Waals surface area contributed by atoms with Crippen molar-refractivity contribution in [2.45, 2.75) is 0 Å². The topological polar surface area (TPSA) is 65.0 Å². The summed E-state index contributed by atoms with van der Waals surface area (Å²) in [6.45, 7) is 0. The minimum atomic E-state index is 0.591. The van der Waals surface area contributed by atoms with Gasteiger partial charge in [-0.2, -0.15) is 0 Å². The average Bonchev–Trinajstić information content (AvgIpc) is 3.74. The van der Waals surface area contributed by atoms with Gasteiger partial charge in [0.2, 0.25) is 0 Å². The molecule has 0 atom stereocenters. The highest BCUT2D eigenvalue weighted by molar-refractivity contribution is 6.33. The van der Waals surface area contributed by atoms with Crippen molar-refractivity contribution in [2.75, 3.05) is 0 Å². The predicted molar refractivity (Wildman–Crippen MR) is 194 cm³/mol. The molecule has 5 nitrogen and oxygen atoms in total. The first-order valence-electron chi connectivity index (χ1n) is 15.9. The molecule has 3 heterocycles. The molecule has 48 heavy (non-hydrogen) atoms. The Labute approximate surface area is 274 Å². The predicted octanol–water partition coefficient (Wildman–Crippen LogP) is 11.5. The molecule has 0 spiro atoms. The summed E-state index contributed by atoms with van der Waals surface area (Å²) >= 11 is 0. The molecule has 0 saturated carbocycles. The molecular weight excluding hydrogens is 590 g/mol. The van der Waals surface area contributed by atoms with E-state index in [1.807, 2.05) is 78.9 Å². The van der Waals surface area contributed by atoms with Gasteiger partial charge in [-0.15, -0.1) is 0 Å². The Bertz CT molecular complexity index is 2760. The molecular formula is C43H25N3O2. The lowest BCUT2D eigenvalue weighted by molar-refractivity contribution is 0.665. The molecule has 0 aliphatic heterocycles. The molecule has 0 aliphatic carbocycles. The number of furan rings is 2. The number of benzene rings is 7. The summed E-state index contributed by atoms with van der Waals surface area (Å²) in [5.41, 5.74) is 8.27. The van der Waals surface area contributed by atoms with Gasteiger partial charge in [-0.05, 0) is 46.8 Å². The summed E-state index contributed by atoms with van der Waals surface area (Å²) in [7, 11) is 0. The van der Waals surface area contributed by atoms with Crippen molar-refractivity contribution >= 4 is 54.6 Å². The second kappa shape index (κ2) is 10.5. The highest BCUT2D eigenvalue weighted by Crippen LogP contribution is 2.46. The lowest BCUT2D eigenvalue weighted by atomic mass is 9.97. The molecule has 0 bridgehead atoms. The Kier molecular flexibility index (Phi) is 5.81. The van der Waals surface area contributed by atoms with E-state index < -0.39 is 0 Å². The van der Waals surface area contributed by atoms with Gasteiger partial charge in [-0.3, -0.25) is 0 Å². The van der Waals surface area contributed by atoms with Gasteiger partial charge in [0, 0.05) is 38.2 Å². The normalized spacial score (nSPS) is 11.8. The van der Waals surface area contributed by atoms with Crippen LogP contribution in [0.2, 0.25) is 0 Å². The van der Waals surface area contributed by atoms with Crippen LogP contribution in [0.3, 0.4) is 0 Å². The minimum Gasteiger partial charge on any atom is -0.455 e. The van der Waals surface area contributed by atoms with Gasteiger partial charge < -0.3 is 8.83 Å². The maximum absolute atomic E-state index is 6.73. The van der Waals surface area contributed by atoms with Crippen LogP contribution >= 0.6 is 0 Å². The van der Waals surface area contributed by atoms with Crippen LogP contribution in [0.4, 0.5) is 0 Å². The SMILES string of the molecule is c1ccc(-c2ccc3oc4c(c3c2)c2ccccc2c2oc3ccc(-c5nc(-c6ccccc6)nc(-c6ccccc6)n5)cc3c24)cc1. The van der Waals surface area contributed by atoms with Crippen LogP contribution in [0.25, 0.3) is 99.9 Å². The van der Waals surface area contributed by atoms with Crippen LogP contribution in [0, 0.1) is 0 Å². The lowest BCUT2D eigenvalue weighted by Gasteiger charge is -2.08. The third-order valence-corrected chi connectivity index (χ3v) is 9.11. The van der Waals surface area contributed by atoms with Gasteiger partial charge in [-0.25, -0.2) is 15.0 Å². The molecule has 0 unspecified atom stereocenters. The zero-order valence-corrected chi connectivity index (χ0v) is 25.6. The van der Waals surface area contributed by atoms with Crippen LogP contribution in [-0.2, 0) is 0 Å². The Hall–Kier alpha value is -6.59. The fraction of sp³-hybridized carbons (Fsp3) is 0. The van der Waals surface area contributed by atoms with Crippen molar-refractivity contribution in [3.8, 4) is 45.3 Å². The molecule has 10 rings (SSSR count). The first-order valence-corrected chi connectivity index (χ1v) is 15.9. The van der Waals surface area contributed by atoms with E-state index in [0.29, 0.717) is 17.5 Å². The highest BCUT2D eigenvalue weighted by atomic mass is 16.3. The summed E-state index contributed by atoms with van der Waals surface area (Å²) in [5.74, 6) is 1.83. The third kappa shape index (κ3) is 4.15. The largest absolute Gasteiger partial charge is 0.455 e. The zero-order chi connectivity index (χ0) is 31.6. The molecule has 0 aliphatic rings. The molecule has 3 aromatic heterocycles. The van der Waals surface area contributed by atoms with E-state index in [4.69, 9.17) is 23.8 Å². The fourth-order valence-corrected chi connectivity index (χ4v) is 6.84. The quantitative estimate of drug-likeness (QED) is 0.197. The van der Waals surface area contributed by atoms with Crippen LogP contribution in [-0.4, -0.2) is 15.0 Å². The first-order chi connectivity index (χ1) is 23.8. The van der Waals surface area contributed by atoms with Crippen LogP contribution in [0.5, 0.6) is 0 Å². The van der Waals surface area contributed by atoms with Crippen LogP contribution in [0.15, 0.2) is 160 Å². The van der Waals surface area contributed by atoms with E-state index in [1.165, 1.54) is 5.56 Å². The number of rotatable bonds is 4. The second-order valence-corrected chi connectivity index (χ2v) is 12.0. The smallest absolute Gasteiger partial charge is 0.164 e. The number of aromatic nitrogens is 3. The van der Waals surface area contributed by atoms with Gasteiger partial charge in [0.1, 0.15) is 22.3 Å². The second-order valence-electron chi connectivity index (χ2n) is 12.0. The van der Waals surface area contributed by atoms with Crippen molar-refractivity contribution in [3.05, 3.63) is 152 Å². The summed E-state index contributed by atoms with van der Waals surface area (Å²) in [5, 5.41) is 6.19. The minimum absolute atomic E-state index is 0.591. The van der Waals surface area contributed by atoms with Gasteiger partial charge in [0.05, 0.1) is 5.39 Å². The van der Waals surface area contributed by atoms with Crippen LogP contribution in [0.1, 0.15) is 0 Å². The monoisotopic (exact) mass is 615 g/mol. The van der Waals surface area contributed by atoms with Gasteiger partial charge in [0.25, 0.3) is 0 Å². The Morgan fingerprint density at radius 2 is 0.771 bits per heavy atom. The number of hydrogen-bond acceptors (Lipinski definition) is 5. The fourth-order valence-electron chi connectivity index (χ4n) is 6.84. The van der Waals surface area contributed by atoms with E-state index in [1.54, 1.807) is 0 Å². The van der Waals surface area contributed by atoms with Crippen molar-refractivity contribution in [1.82, 2.24) is 15.0 Å². The molecule has 0 saturated heterocycles. The van der Waals surface area contributed by atoms with E-state index in [-0.39, 0.29) is 0 Å². The van der Waals surface area contributed by atoms with Crippen molar-refractivity contribution in [1.29, 1.82) is 0 Å². The zero-order valence-electron chi connectivity index (χ0n) is 25.6. The summed E-state index contributed by atoms with van der Waals surface area (Å²) < 4.78 is 13.4. The van der Waals surface area contributed by atoms with Crippen molar-refractivity contribution < 1.29 is 8.83 Å². The molecule has 7 aromatic carbocycles. The Morgan fingerprint density at radius 1 is 0.312 bits per heavy atom. The average molecular weight is 616 g/mol. The highest BCUT2D eigenvalue weighted by Gasteiger charge is 2.22. The van der Waals surface area contributed by atoms with Gasteiger partial charge >= 0.3 is 0 Å². The molecule has 0 radical (unpaired) electrons. The number of hydrogen-bond donors (Lipinski definition) is 0. The maximum atomic E-state index is 6.73. The van der Waals surface area contributed by atoms with Crippen molar-refractivity contribution in [3.63, 3.8) is 0 Å². The maximum Gasteiger partial charge on any atom is 0.164 e. The molecule has 5 heteroatoms. The van der Waals surface area contributed by atoms with E-state index in [9.17, 15) is 0 Å². The molecule has 0 N–H and O–H groups in total. The molecule has 0 amide bonds. The first kappa shape index (κ1) is 26.6. The number of nitrogens with zero attached hydrogens (tertiary/aromatic N) is 3. The summed E-state index contributed by atoms with van der Waals surface area (Å²) in [4.78, 5) is 14.8. The molecule has 10 aromatic rings. The van der Waals surface area contributed by atoms with E-state index in [0.717, 1.165) is 76.9 Å². The Morgan fingerprint density at radius 3 is 1.40 bits per heavy atom. The number of fused-ring (bicyclic) bond motifs is 10. The van der Waals surface area contributed by atoms with Crippen LogP contribution < -0.4 is 0 Å². The summed E-state index contributed by atoms with van der Waals surface area (Å²) in [6, 6.07) is 51.5. The lowest BCUT2D eigenvalue weighted by Crippen LogP contribution is -2.00. The molecule has 0 fully saturated rings. The standard InChI is InChI=1S/C43H25N3O2/c1-4-12-26(13-5-1)29-20-22-35-33(24-29)37-31-18-10-11-19-32(31)39-38(40(37)48-35)34-25-30(21-23-36(34)47-39)43-45-41(27-14-6-2-7-15-27)44-42(46-43)28-16-8-3-9-17-28/h1-25H. The van der Waals surface area contributed by atoms with Gasteiger partial charge in [0.15, 0.2) is 17.5 Å². The molecule has 224 valence electrons. The van der Waals surface area contributed by atoms with Crippen molar-refractivity contribution in [2.24, 2.45) is 0 Å². The third-order valence-electron chi connectivity index (χ3n) is 9.11. The van der Waals surface area contributed by atoms with E-state index >= 15 is 0 Å².